The fourth-order valence-corrected chi connectivity index (χ4v) is 2.53. The smallest absolute Gasteiger partial charge is 0.189 e. The molecule has 4 heteroatoms. The van der Waals surface area contributed by atoms with Crippen molar-refractivity contribution in [3.8, 4) is 0 Å². The zero-order valence-corrected chi connectivity index (χ0v) is 12.3. The Balaban J connectivity index is 2.09. The van der Waals surface area contributed by atoms with Crippen molar-refractivity contribution < 1.29 is 0 Å². The minimum atomic E-state index is 0.0483. The van der Waals surface area contributed by atoms with Gasteiger partial charge in [0.15, 0.2) is 5.43 Å². The van der Waals surface area contributed by atoms with Gasteiger partial charge >= 0.3 is 0 Å². The van der Waals surface area contributed by atoms with Crippen molar-refractivity contribution in [1.29, 1.82) is 0 Å². The van der Waals surface area contributed by atoms with E-state index in [1.54, 1.807) is 6.07 Å². The molecular formula is C16H13BrN2O. The Hall–Kier alpha value is -2.07. The van der Waals surface area contributed by atoms with E-state index in [4.69, 9.17) is 5.73 Å². The van der Waals surface area contributed by atoms with E-state index in [1.807, 2.05) is 48.7 Å². The van der Waals surface area contributed by atoms with Crippen molar-refractivity contribution >= 4 is 32.5 Å². The summed E-state index contributed by atoms with van der Waals surface area (Å²) < 4.78 is 2.95. The highest BCUT2D eigenvalue weighted by Gasteiger charge is 2.04. The summed E-state index contributed by atoms with van der Waals surface area (Å²) in [6.07, 6.45) is 1.82. The number of halogens is 1. The van der Waals surface area contributed by atoms with Gasteiger partial charge in [0.05, 0.1) is 5.52 Å². The van der Waals surface area contributed by atoms with Gasteiger partial charge in [-0.15, -0.1) is 0 Å². The lowest BCUT2D eigenvalue weighted by molar-refractivity contribution is 0.826. The van der Waals surface area contributed by atoms with Crippen LogP contribution >= 0.6 is 15.9 Å². The molecule has 0 saturated heterocycles. The van der Waals surface area contributed by atoms with E-state index in [1.165, 1.54) is 0 Å². The van der Waals surface area contributed by atoms with Gasteiger partial charge in [-0.1, -0.05) is 18.2 Å². The standard InChI is InChI=1S/C16H13BrN2O/c17-13-6-5-11(9-14(13)18)10-19-8-7-16(20)12-3-1-2-4-15(12)19/h1-9H,10,18H2. The molecule has 0 saturated carbocycles. The van der Waals surface area contributed by atoms with Gasteiger partial charge in [0.25, 0.3) is 0 Å². The second-order valence-electron chi connectivity index (χ2n) is 4.68. The average molecular weight is 329 g/mol. The molecule has 0 unspecified atom stereocenters. The third-order valence-corrected chi connectivity index (χ3v) is 4.02. The number of fused-ring (bicyclic) bond motifs is 1. The maximum absolute atomic E-state index is 11.8. The number of nitrogens with zero attached hydrogens (tertiary/aromatic N) is 1. The number of hydrogen-bond acceptors (Lipinski definition) is 2. The molecule has 2 aromatic carbocycles. The van der Waals surface area contributed by atoms with E-state index in [0.717, 1.165) is 20.9 Å². The first-order valence-electron chi connectivity index (χ1n) is 6.27. The quantitative estimate of drug-likeness (QED) is 0.733. The molecule has 0 aliphatic carbocycles. The molecule has 0 amide bonds. The second kappa shape index (κ2) is 5.13. The summed E-state index contributed by atoms with van der Waals surface area (Å²) in [7, 11) is 0. The van der Waals surface area contributed by atoms with Crippen LogP contribution < -0.4 is 11.2 Å². The van der Waals surface area contributed by atoms with Crippen molar-refractivity contribution in [2.45, 2.75) is 6.54 Å². The van der Waals surface area contributed by atoms with Crippen molar-refractivity contribution in [2.75, 3.05) is 5.73 Å². The summed E-state index contributed by atoms with van der Waals surface area (Å²) in [6, 6.07) is 15.1. The Morgan fingerprint density at radius 1 is 1.10 bits per heavy atom. The topological polar surface area (TPSA) is 48.0 Å². The minimum Gasteiger partial charge on any atom is -0.398 e. The first-order chi connectivity index (χ1) is 9.65. The summed E-state index contributed by atoms with van der Waals surface area (Å²) in [4.78, 5) is 11.8. The lowest BCUT2D eigenvalue weighted by atomic mass is 10.1. The molecule has 0 spiro atoms. The second-order valence-corrected chi connectivity index (χ2v) is 5.54. The monoisotopic (exact) mass is 328 g/mol. The first kappa shape index (κ1) is 12.9. The third-order valence-electron chi connectivity index (χ3n) is 3.30. The van der Waals surface area contributed by atoms with E-state index in [2.05, 4.69) is 20.5 Å². The zero-order chi connectivity index (χ0) is 14.1. The van der Waals surface area contributed by atoms with Crippen LogP contribution in [0.4, 0.5) is 5.69 Å². The van der Waals surface area contributed by atoms with Crippen molar-refractivity contribution in [2.24, 2.45) is 0 Å². The average Bonchev–Trinajstić information content (AvgIpc) is 2.46. The largest absolute Gasteiger partial charge is 0.398 e. The van der Waals surface area contributed by atoms with Crippen molar-refractivity contribution in [1.82, 2.24) is 4.57 Å². The fourth-order valence-electron chi connectivity index (χ4n) is 2.29. The summed E-state index contributed by atoms with van der Waals surface area (Å²) in [5.41, 5.74) is 8.70. The Morgan fingerprint density at radius 3 is 2.70 bits per heavy atom. The molecule has 0 aliphatic rings. The molecule has 20 heavy (non-hydrogen) atoms. The van der Waals surface area contributed by atoms with Crippen LogP contribution in [0.2, 0.25) is 0 Å². The predicted octanol–water partition coefficient (Wildman–Crippen LogP) is 3.39. The number of nitrogen functional groups attached to an aromatic ring is 1. The lowest BCUT2D eigenvalue weighted by Crippen LogP contribution is -2.08. The summed E-state index contributed by atoms with van der Waals surface area (Å²) in [5, 5.41) is 0.736. The van der Waals surface area contributed by atoms with Gasteiger partial charge in [-0.25, -0.2) is 0 Å². The van der Waals surface area contributed by atoms with Crippen LogP contribution in [0.3, 0.4) is 0 Å². The number of pyridine rings is 1. The van der Waals surface area contributed by atoms with Crippen LogP contribution in [0.15, 0.2) is 64.0 Å². The molecule has 0 bridgehead atoms. The molecule has 3 nitrogen and oxygen atoms in total. The van der Waals surface area contributed by atoms with E-state index in [9.17, 15) is 4.79 Å². The molecule has 0 radical (unpaired) electrons. The Kier molecular flexibility index (Phi) is 3.32. The number of rotatable bonds is 2. The number of benzene rings is 2. The number of aromatic nitrogens is 1. The van der Waals surface area contributed by atoms with Crippen LogP contribution in [0.5, 0.6) is 0 Å². The van der Waals surface area contributed by atoms with Gasteiger partial charge in [0.1, 0.15) is 0 Å². The van der Waals surface area contributed by atoms with Gasteiger partial charge < -0.3 is 10.3 Å². The highest BCUT2D eigenvalue weighted by Crippen LogP contribution is 2.21. The molecule has 3 rings (SSSR count). The molecule has 1 aromatic heterocycles. The van der Waals surface area contributed by atoms with Crippen LogP contribution in [0.25, 0.3) is 10.9 Å². The van der Waals surface area contributed by atoms with Crippen molar-refractivity contribution in [3.05, 3.63) is 75.0 Å². The van der Waals surface area contributed by atoms with E-state index < -0.39 is 0 Å². The van der Waals surface area contributed by atoms with Gasteiger partial charge in [0.2, 0.25) is 0 Å². The highest BCUT2D eigenvalue weighted by atomic mass is 79.9. The van der Waals surface area contributed by atoms with Gasteiger partial charge in [-0.05, 0) is 45.8 Å². The maximum atomic E-state index is 11.8. The molecule has 3 aromatic rings. The fraction of sp³-hybridized carbons (Fsp3) is 0.0625. The summed E-state index contributed by atoms with van der Waals surface area (Å²) in [6.45, 7) is 0.679. The van der Waals surface area contributed by atoms with E-state index >= 15 is 0 Å². The Labute approximate surface area is 124 Å². The van der Waals surface area contributed by atoms with Gasteiger partial charge in [-0.2, -0.15) is 0 Å². The Morgan fingerprint density at radius 2 is 1.90 bits per heavy atom. The summed E-state index contributed by atoms with van der Waals surface area (Å²) in [5.74, 6) is 0. The number of anilines is 1. The summed E-state index contributed by atoms with van der Waals surface area (Å²) >= 11 is 3.39. The lowest BCUT2D eigenvalue weighted by Gasteiger charge is -2.11. The van der Waals surface area contributed by atoms with Gasteiger partial charge in [0, 0.05) is 34.4 Å². The number of nitrogens with two attached hydrogens (primary N) is 1. The number of para-hydroxylation sites is 1. The zero-order valence-electron chi connectivity index (χ0n) is 10.7. The molecule has 0 aliphatic heterocycles. The molecule has 0 atom stereocenters. The van der Waals surface area contributed by atoms with Crippen LogP contribution in [-0.4, -0.2) is 4.57 Å². The van der Waals surface area contributed by atoms with E-state index in [-0.39, 0.29) is 5.43 Å². The van der Waals surface area contributed by atoms with E-state index in [0.29, 0.717) is 12.2 Å². The molecule has 100 valence electrons. The van der Waals surface area contributed by atoms with Gasteiger partial charge in [-0.3, -0.25) is 4.79 Å². The van der Waals surface area contributed by atoms with Crippen LogP contribution in [0.1, 0.15) is 5.56 Å². The number of hydrogen-bond donors (Lipinski definition) is 1. The molecular weight excluding hydrogens is 316 g/mol. The molecule has 0 fully saturated rings. The third kappa shape index (κ3) is 2.34. The Bertz CT molecular complexity index is 839. The molecule has 2 N–H and O–H groups in total. The first-order valence-corrected chi connectivity index (χ1v) is 7.06. The normalized spacial score (nSPS) is 10.8. The maximum Gasteiger partial charge on any atom is 0.189 e. The SMILES string of the molecule is Nc1cc(Cn2ccc(=O)c3ccccc32)ccc1Br. The van der Waals surface area contributed by atoms with Crippen molar-refractivity contribution in [3.63, 3.8) is 0 Å². The molecule has 1 heterocycles. The van der Waals surface area contributed by atoms with Crippen LogP contribution in [0, 0.1) is 0 Å². The minimum absolute atomic E-state index is 0.0483. The highest BCUT2D eigenvalue weighted by molar-refractivity contribution is 9.10. The van der Waals surface area contributed by atoms with Crippen LogP contribution in [-0.2, 0) is 6.54 Å². The predicted molar refractivity (Wildman–Crippen MR) is 85.9 cm³/mol.